The molecule has 0 saturated heterocycles. The summed E-state index contributed by atoms with van der Waals surface area (Å²) in [5.41, 5.74) is 0. The maximum atomic E-state index is 9.53. The molecule has 0 amide bonds. The van der Waals surface area contributed by atoms with Crippen molar-refractivity contribution >= 4 is 0 Å². The van der Waals surface area contributed by atoms with Gasteiger partial charge < -0.3 is 14.6 Å². The van der Waals surface area contributed by atoms with Crippen molar-refractivity contribution in [2.24, 2.45) is 0 Å². The second-order valence-corrected chi connectivity index (χ2v) is 4.66. The van der Waals surface area contributed by atoms with E-state index in [1.807, 2.05) is 6.92 Å². The van der Waals surface area contributed by atoms with E-state index in [1.165, 1.54) is 32.1 Å². The molecule has 0 bridgehead atoms. The molecule has 3 heteroatoms. The first kappa shape index (κ1) is 11.4. The third-order valence-corrected chi connectivity index (χ3v) is 3.50. The highest BCUT2D eigenvalue weighted by atomic mass is 16.6. The fourth-order valence-electron chi connectivity index (χ4n) is 2.55. The van der Waals surface area contributed by atoms with Crippen LogP contribution in [0.25, 0.3) is 0 Å². The Hall–Kier alpha value is -0.120. The zero-order valence-corrected chi connectivity index (χ0v) is 9.52. The molecule has 3 unspecified atom stereocenters. The lowest BCUT2D eigenvalue weighted by atomic mass is 9.87. The number of hydrogen-bond acceptors (Lipinski definition) is 3. The molecule has 0 heterocycles. The quantitative estimate of drug-likeness (QED) is 0.776. The Kier molecular flexibility index (Phi) is 4.00. The molecule has 3 nitrogen and oxygen atoms in total. The maximum absolute atomic E-state index is 9.53. The highest BCUT2D eigenvalue weighted by Crippen LogP contribution is 2.31. The van der Waals surface area contributed by atoms with Crippen LogP contribution in [0, 0.1) is 0 Å². The first-order chi connectivity index (χ1) is 7.31. The molecule has 0 aromatic rings. The Bertz CT molecular complexity index is 189. The average molecular weight is 214 g/mol. The summed E-state index contributed by atoms with van der Waals surface area (Å²) in [4.78, 5) is 0. The minimum Gasteiger partial charge on any atom is -0.390 e. The van der Waals surface area contributed by atoms with Gasteiger partial charge in [-0.25, -0.2) is 0 Å². The summed E-state index contributed by atoms with van der Waals surface area (Å²) in [7, 11) is 0. The highest BCUT2D eigenvalue weighted by Gasteiger charge is 2.42. The van der Waals surface area contributed by atoms with Gasteiger partial charge in [-0.2, -0.15) is 0 Å². The molecule has 2 saturated carbocycles. The van der Waals surface area contributed by atoms with Gasteiger partial charge in [0.1, 0.15) is 6.10 Å². The van der Waals surface area contributed by atoms with Gasteiger partial charge in [0.2, 0.25) is 0 Å². The van der Waals surface area contributed by atoms with E-state index in [2.05, 4.69) is 0 Å². The van der Waals surface area contributed by atoms with Crippen molar-refractivity contribution in [3.05, 3.63) is 0 Å². The summed E-state index contributed by atoms with van der Waals surface area (Å²) < 4.78 is 11.4. The normalized spacial score (nSPS) is 37.6. The van der Waals surface area contributed by atoms with Crippen LogP contribution in [0.15, 0.2) is 0 Å². The number of aliphatic hydroxyl groups excluding tert-OH is 1. The van der Waals surface area contributed by atoms with E-state index in [1.54, 1.807) is 0 Å². The van der Waals surface area contributed by atoms with Gasteiger partial charge in [-0.05, 0) is 19.8 Å². The van der Waals surface area contributed by atoms with Crippen molar-refractivity contribution in [2.75, 3.05) is 6.61 Å². The molecule has 1 N–H and O–H groups in total. The van der Waals surface area contributed by atoms with Crippen LogP contribution in [0.3, 0.4) is 0 Å². The van der Waals surface area contributed by atoms with Gasteiger partial charge in [-0.15, -0.1) is 0 Å². The van der Waals surface area contributed by atoms with Crippen LogP contribution in [0.5, 0.6) is 0 Å². The van der Waals surface area contributed by atoms with Gasteiger partial charge in [0, 0.05) is 13.0 Å². The third kappa shape index (κ3) is 2.71. The second-order valence-electron chi connectivity index (χ2n) is 4.66. The minimum atomic E-state index is -0.307. The molecule has 2 rings (SSSR count). The first-order valence-electron chi connectivity index (χ1n) is 6.26. The molecule has 88 valence electrons. The van der Waals surface area contributed by atoms with Gasteiger partial charge in [0.15, 0.2) is 0 Å². The largest absolute Gasteiger partial charge is 0.390 e. The summed E-state index contributed by atoms with van der Waals surface area (Å²) in [6, 6.07) is 0. The molecule has 0 radical (unpaired) electrons. The van der Waals surface area contributed by atoms with Gasteiger partial charge in [0.05, 0.1) is 18.3 Å². The van der Waals surface area contributed by atoms with Crippen molar-refractivity contribution < 1.29 is 14.6 Å². The summed E-state index contributed by atoms with van der Waals surface area (Å²) in [5.74, 6) is 0. The lowest BCUT2D eigenvalue weighted by Crippen LogP contribution is -2.54. The molecule has 2 aliphatic rings. The molecule has 15 heavy (non-hydrogen) atoms. The Morgan fingerprint density at radius 3 is 2.53 bits per heavy atom. The van der Waals surface area contributed by atoms with Gasteiger partial charge >= 0.3 is 0 Å². The van der Waals surface area contributed by atoms with E-state index in [9.17, 15) is 5.11 Å². The van der Waals surface area contributed by atoms with Crippen molar-refractivity contribution in [2.45, 2.75) is 69.9 Å². The lowest BCUT2D eigenvalue weighted by molar-refractivity contribution is -0.208. The van der Waals surface area contributed by atoms with E-state index < -0.39 is 0 Å². The monoisotopic (exact) mass is 214 g/mol. The average Bonchev–Trinajstić information content (AvgIpc) is 2.27. The Labute approximate surface area is 91.8 Å². The van der Waals surface area contributed by atoms with E-state index in [4.69, 9.17) is 9.47 Å². The standard InChI is InChI=1S/C12H22O3/c1-2-14-12-10(13)8-11(12)15-9-6-4-3-5-7-9/h9-13H,2-8H2,1H3. The Morgan fingerprint density at radius 1 is 1.20 bits per heavy atom. The number of hydrogen-bond donors (Lipinski definition) is 1. The second kappa shape index (κ2) is 5.28. The topological polar surface area (TPSA) is 38.7 Å². The van der Waals surface area contributed by atoms with Crippen LogP contribution in [0.1, 0.15) is 45.4 Å². The van der Waals surface area contributed by atoms with E-state index >= 15 is 0 Å². The molecule has 2 aliphatic carbocycles. The summed E-state index contributed by atoms with van der Waals surface area (Å²) >= 11 is 0. The van der Waals surface area contributed by atoms with Gasteiger partial charge in [-0.3, -0.25) is 0 Å². The zero-order chi connectivity index (χ0) is 10.7. The third-order valence-electron chi connectivity index (χ3n) is 3.50. The first-order valence-corrected chi connectivity index (χ1v) is 6.26. The molecular formula is C12H22O3. The van der Waals surface area contributed by atoms with Gasteiger partial charge in [0.25, 0.3) is 0 Å². The maximum Gasteiger partial charge on any atom is 0.110 e. The highest BCUT2D eigenvalue weighted by molar-refractivity contribution is 4.92. The van der Waals surface area contributed by atoms with E-state index in [-0.39, 0.29) is 18.3 Å². The smallest absolute Gasteiger partial charge is 0.110 e. The number of aliphatic hydroxyl groups is 1. The molecule has 0 aromatic carbocycles. The van der Waals surface area contributed by atoms with E-state index in [0.29, 0.717) is 12.7 Å². The molecule has 0 aliphatic heterocycles. The van der Waals surface area contributed by atoms with Crippen molar-refractivity contribution in [1.29, 1.82) is 0 Å². The molecule has 2 fully saturated rings. The van der Waals surface area contributed by atoms with E-state index in [0.717, 1.165) is 6.42 Å². The predicted molar refractivity (Wildman–Crippen MR) is 57.8 cm³/mol. The number of ether oxygens (including phenoxy) is 2. The van der Waals surface area contributed by atoms with Crippen LogP contribution in [0.4, 0.5) is 0 Å². The van der Waals surface area contributed by atoms with Crippen LogP contribution in [0.2, 0.25) is 0 Å². The van der Waals surface area contributed by atoms with Crippen molar-refractivity contribution in [3.8, 4) is 0 Å². The predicted octanol–water partition coefficient (Wildman–Crippen LogP) is 1.87. The number of rotatable bonds is 4. The fraction of sp³-hybridized carbons (Fsp3) is 1.00. The molecular weight excluding hydrogens is 192 g/mol. The summed E-state index contributed by atoms with van der Waals surface area (Å²) in [5, 5.41) is 9.53. The summed E-state index contributed by atoms with van der Waals surface area (Å²) in [6.07, 6.45) is 7.23. The molecule has 0 aromatic heterocycles. The van der Waals surface area contributed by atoms with Crippen LogP contribution >= 0.6 is 0 Å². The Morgan fingerprint density at radius 2 is 1.93 bits per heavy atom. The molecule has 3 atom stereocenters. The van der Waals surface area contributed by atoms with Gasteiger partial charge in [-0.1, -0.05) is 19.3 Å². The molecule has 0 spiro atoms. The van der Waals surface area contributed by atoms with Crippen molar-refractivity contribution in [1.82, 2.24) is 0 Å². The van der Waals surface area contributed by atoms with Crippen molar-refractivity contribution in [3.63, 3.8) is 0 Å². The SMILES string of the molecule is CCOC1C(O)CC1OC1CCCCC1. The van der Waals surface area contributed by atoms with Crippen LogP contribution < -0.4 is 0 Å². The lowest BCUT2D eigenvalue weighted by Gasteiger charge is -2.43. The summed E-state index contributed by atoms with van der Waals surface area (Å²) in [6.45, 7) is 2.62. The zero-order valence-electron chi connectivity index (χ0n) is 9.52. The van der Waals surface area contributed by atoms with Crippen LogP contribution in [-0.2, 0) is 9.47 Å². The fourth-order valence-corrected chi connectivity index (χ4v) is 2.55. The van der Waals surface area contributed by atoms with Crippen LogP contribution in [-0.4, -0.2) is 36.1 Å². The Balaban J connectivity index is 1.74. The minimum absolute atomic E-state index is 0.0723.